The third-order valence-electron chi connectivity index (χ3n) is 3.28. The van der Waals surface area contributed by atoms with Crippen LogP contribution < -0.4 is 11.2 Å². The van der Waals surface area contributed by atoms with Crippen molar-refractivity contribution in [1.82, 2.24) is 14.5 Å². The van der Waals surface area contributed by atoms with Crippen LogP contribution in [0.25, 0.3) is 10.9 Å². The maximum absolute atomic E-state index is 12.1. The summed E-state index contributed by atoms with van der Waals surface area (Å²) in [5.74, 6) is 0. The van der Waals surface area contributed by atoms with E-state index in [2.05, 4.69) is 25.9 Å². The van der Waals surface area contributed by atoms with Crippen molar-refractivity contribution in [2.75, 3.05) is 0 Å². The van der Waals surface area contributed by atoms with E-state index in [1.54, 1.807) is 0 Å². The number of fused-ring (bicyclic) bond motifs is 1. The molecule has 0 fully saturated rings. The van der Waals surface area contributed by atoms with Crippen molar-refractivity contribution in [3.8, 4) is 0 Å². The van der Waals surface area contributed by atoms with E-state index in [-0.39, 0.29) is 12.1 Å². The molecule has 0 atom stereocenters. The molecule has 5 nitrogen and oxygen atoms in total. The van der Waals surface area contributed by atoms with E-state index < -0.39 is 5.69 Å². The summed E-state index contributed by atoms with van der Waals surface area (Å²) in [6, 6.07) is 9.58. The molecule has 3 rings (SSSR count). The summed E-state index contributed by atoms with van der Waals surface area (Å²) >= 11 is 3.14. The van der Waals surface area contributed by atoms with Crippen molar-refractivity contribution in [3.05, 3.63) is 73.1 Å². The van der Waals surface area contributed by atoms with Gasteiger partial charge < -0.3 is 4.98 Å². The molecule has 0 aliphatic carbocycles. The van der Waals surface area contributed by atoms with Gasteiger partial charge in [-0.3, -0.25) is 14.3 Å². The third-order valence-corrected chi connectivity index (χ3v) is 3.84. The Morgan fingerprint density at radius 1 is 1.29 bits per heavy atom. The van der Waals surface area contributed by atoms with Crippen LogP contribution >= 0.6 is 15.9 Å². The van der Waals surface area contributed by atoms with Crippen LogP contribution in [0.3, 0.4) is 0 Å². The molecule has 106 valence electrons. The van der Waals surface area contributed by atoms with Crippen LogP contribution in [-0.2, 0) is 6.54 Å². The quantitative estimate of drug-likeness (QED) is 0.774. The first-order valence-electron chi connectivity index (χ1n) is 6.39. The molecule has 21 heavy (non-hydrogen) atoms. The fourth-order valence-electron chi connectivity index (χ4n) is 2.33. The van der Waals surface area contributed by atoms with Crippen LogP contribution in [0.15, 0.2) is 50.6 Å². The fourth-order valence-corrected chi connectivity index (χ4v) is 2.65. The van der Waals surface area contributed by atoms with Gasteiger partial charge >= 0.3 is 5.69 Å². The highest BCUT2D eigenvalue weighted by Crippen LogP contribution is 2.18. The summed E-state index contributed by atoms with van der Waals surface area (Å²) in [5, 5.41) is 0.939. The number of nitrogens with zero attached hydrogens (tertiary/aromatic N) is 2. The summed E-state index contributed by atoms with van der Waals surface area (Å²) in [4.78, 5) is 31.0. The van der Waals surface area contributed by atoms with E-state index >= 15 is 0 Å². The summed E-state index contributed by atoms with van der Waals surface area (Å²) < 4.78 is 1.50. The lowest BCUT2D eigenvalue weighted by atomic mass is 10.1. The molecule has 6 heteroatoms. The van der Waals surface area contributed by atoms with Crippen LogP contribution in [0.1, 0.15) is 11.3 Å². The lowest BCUT2D eigenvalue weighted by Gasteiger charge is -2.09. The molecule has 0 aliphatic rings. The minimum atomic E-state index is -0.429. The highest BCUT2D eigenvalue weighted by Gasteiger charge is 2.09. The monoisotopic (exact) mass is 345 g/mol. The maximum Gasteiger partial charge on any atom is 0.328 e. The Labute approximate surface area is 128 Å². The molecular weight excluding hydrogens is 334 g/mol. The Morgan fingerprint density at radius 2 is 2.05 bits per heavy atom. The molecule has 0 spiro atoms. The van der Waals surface area contributed by atoms with Crippen molar-refractivity contribution in [3.63, 3.8) is 0 Å². The number of pyridine rings is 1. The predicted molar refractivity (Wildman–Crippen MR) is 84.6 cm³/mol. The van der Waals surface area contributed by atoms with Gasteiger partial charge in [0.25, 0.3) is 5.56 Å². The van der Waals surface area contributed by atoms with E-state index in [0.29, 0.717) is 4.47 Å². The Kier molecular flexibility index (Phi) is 3.47. The summed E-state index contributed by atoms with van der Waals surface area (Å²) in [6.07, 6.45) is 1.36. The second kappa shape index (κ2) is 5.29. The third kappa shape index (κ3) is 2.54. The molecule has 0 unspecified atom stereocenters. The molecule has 0 saturated heterocycles. The number of benzene rings is 1. The Bertz CT molecular complexity index is 944. The fraction of sp³-hybridized carbons (Fsp3) is 0.133. The van der Waals surface area contributed by atoms with Gasteiger partial charge in [-0.05, 0) is 40.5 Å². The van der Waals surface area contributed by atoms with Gasteiger partial charge in [-0.15, -0.1) is 0 Å². The molecular formula is C15H12BrN3O2. The average Bonchev–Trinajstić information content (AvgIpc) is 2.47. The van der Waals surface area contributed by atoms with Crippen molar-refractivity contribution in [1.29, 1.82) is 0 Å². The van der Waals surface area contributed by atoms with Crippen molar-refractivity contribution in [2.24, 2.45) is 0 Å². The lowest BCUT2D eigenvalue weighted by Crippen LogP contribution is -2.35. The van der Waals surface area contributed by atoms with Crippen molar-refractivity contribution < 1.29 is 0 Å². The molecule has 0 saturated carbocycles. The zero-order chi connectivity index (χ0) is 15.0. The number of aromatic amines is 1. The summed E-state index contributed by atoms with van der Waals surface area (Å²) in [6.45, 7) is 2.10. The zero-order valence-corrected chi connectivity index (χ0v) is 12.8. The second-order valence-corrected chi connectivity index (χ2v) is 5.63. The van der Waals surface area contributed by atoms with Crippen LogP contribution in [0.4, 0.5) is 0 Å². The van der Waals surface area contributed by atoms with Crippen molar-refractivity contribution in [2.45, 2.75) is 13.5 Å². The van der Waals surface area contributed by atoms with Crippen LogP contribution in [0.2, 0.25) is 0 Å². The highest BCUT2D eigenvalue weighted by molar-refractivity contribution is 9.10. The van der Waals surface area contributed by atoms with Gasteiger partial charge in [-0.1, -0.05) is 18.2 Å². The highest BCUT2D eigenvalue weighted by atomic mass is 79.9. The first-order valence-corrected chi connectivity index (χ1v) is 7.19. The summed E-state index contributed by atoms with van der Waals surface area (Å²) in [7, 11) is 0. The first-order chi connectivity index (χ1) is 10.1. The van der Waals surface area contributed by atoms with Gasteiger partial charge in [0.2, 0.25) is 0 Å². The molecule has 0 amide bonds. The van der Waals surface area contributed by atoms with Gasteiger partial charge in [0.1, 0.15) is 0 Å². The number of para-hydroxylation sites is 1. The number of hydrogen-bond acceptors (Lipinski definition) is 3. The van der Waals surface area contributed by atoms with Gasteiger partial charge in [-0.2, -0.15) is 0 Å². The molecule has 0 bridgehead atoms. The largest absolute Gasteiger partial charge is 0.328 e. The van der Waals surface area contributed by atoms with E-state index in [0.717, 1.165) is 22.2 Å². The molecule has 0 radical (unpaired) electrons. The standard InChI is InChI=1S/C15H12BrN3O2/c1-9-6-10(11-4-2-3-5-13(11)18-9)8-19-14(20)12(16)7-17-15(19)21/h2-7H,8H2,1H3,(H,17,21). The smallest absolute Gasteiger partial charge is 0.313 e. The normalized spacial score (nSPS) is 11.0. The number of rotatable bonds is 2. The van der Waals surface area contributed by atoms with Gasteiger partial charge in [0.15, 0.2) is 0 Å². The molecule has 1 aromatic carbocycles. The number of halogens is 1. The molecule has 1 N–H and O–H groups in total. The average molecular weight is 346 g/mol. The predicted octanol–water partition coefficient (Wildman–Crippen LogP) is 2.20. The number of H-pyrrole nitrogens is 1. The van der Waals surface area contributed by atoms with E-state index in [1.165, 1.54) is 10.8 Å². The van der Waals surface area contributed by atoms with Crippen LogP contribution in [0.5, 0.6) is 0 Å². The van der Waals surface area contributed by atoms with Gasteiger partial charge in [0.05, 0.1) is 16.5 Å². The van der Waals surface area contributed by atoms with Gasteiger partial charge in [0, 0.05) is 17.3 Å². The van der Waals surface area contributed by atoms with Crippen molar-refractivity contribution >= 4 is 26.8 Å². The Morgan fingerprint density at radius 3 is 2.86 bits per heavy atom. The zero-order valence-electron chi connectivity index (χ0n) is 11.3. The lowest BCUT2D eigenvalue weighted by molar-refractivity contribution is 0.696. The Balaban J connectivity index is 2.22. The first kappa shape index (κ1) is 13.8. The van der Waals surface area contributed by atoms with Crippen LogP contribution in [-0.4, -0.2) is 14.5 Å². The number of hydrogen-bond donors (Lipinski definition) is 1. The Hall–Kier alpha value is -2.21. The minimum absolute atomic E-state index is 0.206. The van der Waals surface area contributed by atoms with E-state index in [9.17, 15) is 9.59 Å². The minimum Gasteiger partial charge on any atom is -0.313 e. The topological polar surface area (TPSA) is 67.8 Å². The maximum atomic E-state index is 12.1. The summed E-state index contributed by atoms with van der Waals surface area (Å²) in [5.41, 5.74) is 1.82. The molecule has 2 heterocycles. The molecule has 2 aromatic heterocycles. The van der Waals surface area contributed by atoms with Crippen LogP contribution in [0, 0.1) is 6.92 Å². The van der Waals surface area contributed by atoms with Gasteiger partial charge in [-0.25, -0.2) is 4.79 Å². The second-order valence-electron chi connectivity index (χ2n) is 4.77. The molecule has 0 aliphatic heterocycles. The SMILES string of the molecule is Cc1cc(Cn2c(=O)[nH]cc(Br)c2=O)c2ccccc2n1. The number of nitrogens with one attached hydrogen (secondary N) is 1. The number of aryl methyl sites for hydroxylation is 1. The van der Waals surface area contributed by atoms with E-state index in [4.69, 9.17) is 0 Å². The van der Waals surface area contributed by atoms with E-state index in [1.807, 2.05) is 37.3 Å². The number of aromatic nitrogens is 3. The molecule has 3 aromatic rings.